The molecule has 3 rings (SSSR count). The first kappa shape index (κ1) is 10.6. The molecule has 1 saturated heterocycles. The average molecular weight is 221 g/mol. The van der Waals surface area contributed by atoms with Crippen molar-refractivity contribution < 1.29 is 4.74 Å². The largest absolute Gasteiger partial charge is 0.492 e. The van der Waals surface area contributed by atoms with E-state index >= 15 is 0 Å². The Morgan fingerprint density at radius 2 is 1.88 bits per heavy atom. The predicted molar refractivity (Wildman–Crippen MR) is 65.3 cm³/mol. The molecule has 0 unspecified atom stereocenters. The van der Waals surface area contributed by atoms with Gasteiger partial charge in [-0.15, -0.1) is 0 Å². The number of allylic oxidation sites excluding steroid dienone is 1. The molecule has 2 nitrogen and oxygen atoms in total. The molecule has 1 saturated carbocycles. The summed E-state index contributed by atoms with van der Waals surface area (Å²) in [5.41, 5.74) is 1.66. The fourth-order valence-corrected chi connectivity index (χ4v) is 3.38. The van der Waals surface area contributed by atoms with Crippen LogP contribution in [0.3, 0.4) is 0 Å². The molecule has 2 aliphatic heterocycles. The lowest BCUT2D eigenvalue weighted by Gasteiger charge is -2.45. The lowest BCUT2D eigenvalue weighted by Crippen LogP contribution is -2.50. The van der Waals surface area contributed by atoms with E-state index in [0.717, 1.165) is 6.04 Å². The van der Waals surface area contributed by atoms with Gasteiger partial charge in [0.1, 0.15) is 5.60 Å². The molecule has 0 bridgehead atoms. The summed E-state index contributed by atoms with van der Waals surface area (Å²) >= 11 is 0. The lowest BCUT2D eigenvalue weighted by atomic mass is 9.83. The molecule has 0 aromatic rings. The van der Waals surface area contributed by atoms with Crippen molar-refractivity contribution >= 4 is 0 Å². The number of piperidine rings is 1. The van der Waals surface area contributed by atoms with Crippen LogP contribution in [-0.2, 0) is 4.74 Å². The molecule has 2 heterocycles. The maximum absolute atomic E-state index is 6.13. The molecule has 2 fully saturated rings. The molecule has 1 aliphatic carbocycles. The fourth-order valence-electron chi connectivity index (χ4n) is 3.38. The van der Waals surface area contributed by atoms with E-state index in [1.54, 1.807) is 0 Å². The van der Waals surface area contributed by atoms with E-state index in [1.165, 1.54) is 62.9 Å². The molecule has 1 spiro atoms. The Bertz CT molecular complexity index is 293. The number of ether oxygens (including phenoxy) is 1. The van der Waals surface area contributed by atoms with Crippen molar-refractivity contribution in [2.75, 3.05) is 13.1 Å². The molecule has 3 aliphatic rings. The Hall–Kier alpha value is -0.500. The zero-order valence-electron chi connectivity index (χ0n) is 10.6. The molecule has 0 radical (unpaired) electrons. The minimum Gasteiger partial charge on any atom is -0.492 e. The summed E-state index contributed by atoms with van der Waals surface area (Å²) in [6, 6.07) is 0.911. The third kappa shape index (κ3) is 1.67. The molecule has 0 N–H and O–H groups in total. The molecule has 16 heavy (non-hydrogen) atoms. The Morgan fingerprint density at radius 1 is 1.19 bits per heavy atom. The van der Waals surface area contributed by atoms with E-state index in [9.17, 15) is 0 Å². The summed E-state index contributed by atoms with van der Waals surface area (Å²) in [4.78, 5) is 2.70. The number of likely N-dealkylation sites (tertiary alicyclic amines) is 1. The van der Waals surface area contributed by atoms with Gasteiger partial charge in [0, 0.05) is 38.4 Å². The minimum atomic E-state index is 0.189. The van der Waals surface area contributed by atoms with Crippen molar-refractivity contribution in [3.8, 4) is 0 Å². The highest BCUT2D eigenvalue weighted by molar-refractivity contribution is 5.16. The van der Waals surface area contributed by atoms with E-state index in [1.807, 2.05) is 0 Å². The van der Waals surface area contributed by atoms with Gasteiger partial charge in [0.25, 0.3) is 0 Å². The first-order valence-corrected chi connectivity index (χ1v) is 6.78. The number of nitrogens with zero attached hydrogens (tertiary/aromatic N) is 1. The second-order valence-corrected chi connectivity index (χ2v) is 5.92. The van der Waals surface area contributed by atoms with Crippen LogP contribution in [0.5, 0.6) is 0 Å². The van der Waals surface area contributed by atoms with Gasteiger partial charge in [0.05, 0.1) is 5.76 Å². The van der Waals surface area contributed by atoms with Crippen LogP contribution in [0.4, 0.5) is 0 Å². The van der Waals surface area contributed by atoms with Gasteiger partial charge < -0.3 is 9.64 Å². The quantitative estimate of drug-likeness (QED) is 0.674. The van der Waals surface area contributed by atoms with Crippen LogP contribution < -0.4 is 0 Å². The Morgan fingerprint density at radius 3 is 2.31 bits per heavy atom. The molecule has 2 heteroatoms. The summed E-state index contributed by atoms with van der Waals surface area (Å²) < 4.78 is 6.13. The van der Waals surface area contributed by atoms with Crippen LogP contribution in [0.1, 0.15) is 52.4 Å². The Labute approximate surface area is 98.6 Å². The SMILES string of the molecule is CC1=C(C)OC2(CCN(C3CCC3)CC2)C1. The van der Waals surface area contributed by atoms with Gasteiger partial charge >= 0.3 is 0 Å². The summed E-state index contributed by atoms with van der Waals surface area (Å²) in [6.07, 6.45) is 7.96. The van der Waals surface area contributed by atoms with Crippen LogP contribution in [0.2, 0.25) is 0 Å². The van der Waals surface area contributed by atoms with Crippen LogP contribution in [0.15, 0.2) is 11.3 Å². The molecular formula is C14H23NO. The van der Waals surface area contributed by atoms with E-state index < -0.39 is 0 Å². The van der Waals surface area contributed by atoms with Crippen molar-refractivity contribution in [3.63, 3.8) is 0 Å². The Kier molecular flexibility index (Phi) is 2.50. The molecule has 90 valence electrons. The lowest BCUT2D eigenvalue weighted by molar-refractivity contribution is -0.0443. The third-order valence-electron chi connectivity index (χ3n) is 4.86. The van der Waals surface area contributed by atoms with E-state index in [-0.39, 0.29) is 5.60 Å². The van der Waals surface area contributed by atoms with Crippen LogP contribution in [0, 0.1) is 0 Å². The van der Waals surface area contributed by atoms with Crippen LogP contribution in [-0.4, -0.2) is 29.6 Å². The summed E-state index contributed by atoms with van der Waals surface area (Å²) in [7, 11) is 0. The van der Waals surface area contributed by atoms with Gasteiger partial charge in [-0.05, 0) is 32.3 Å². The molecule has 0 amide bonds. The van der Waals surface area contributed by atoms with E-state index in [0.29, 0.717) is 0 Å². The highest BCUT2D eigenvalue weighted by atomic mass is 16.5. The standard InChI is InChI=1S/C14H23NO/c1-11-10-14(16-12(11)2)6-8-15(9-7-14)13-4-3-5-13/h13H,3-10H2,1-2H3. The van der Waals surface area contributed by atoms with E-state index in [2.05, 4.69) is 18.7 Å². The normalized spacial score (nSPS) is 30.6. The van der Waals surface area contributed by atoms with Gasteiger partial charge in [-0.1, -0.05) is 6.42 Å². The zero-order valence-corrected chi connectivity index (χ0v) is 10.6. The number of rotatable bonds is 1. The van der Waals surface area contributed by atoms with Gasteiger partial charge in [0.15, 0.2) is 0 Å². The highest BCUT2D eigenvalue weighted by Crippen LogP contribution is 2.42. The highest BCUT2D eigenvalue weighted by Gasteiger charge is 2.42. The monoisotopic (exact) mass is 221 g/mol. The van der Waals surface area contributed by atoms with E-state index in [4.69, 9.17) is 4.74 Å². The van der Waals surface area contributed by atoms with Crippen LogP contribution in [0.25, 0.3) is 0 Å². The van der Waals surface area contributed by atoms with Gasteiger partial charge in [-0.2, -0.15) is 0 Å². The van der Waals surface area contributed by atoms with Crippen molar-refractivity contribution in [3.05, 3.63) is 11.3 Å². The number of hydrogen-bond donors (Lipinski definition) is 0. The van der Waals surface area contributed by atoms with Crippen molar-refractivity contribution in [2.45, 2.75) is 64.0 Å². The molecule has 0 aromatic heterocycles. The maximum Gasteiger partial charge on any atom is 0.115 e. The smallest absolute Gasteiger partial charge is 0.115 e. The summed E-state index contributed by atoms with van der Waals surface area (Å²) in [5, 5.41) is 0. The van der Waals surface area contributed by atoms with Gasteiger partial charge in [-0.25, -0.2) is 0 Å². The fraction of sp³-hybridized carbons (Fsp3) is 0.857. The molecule has 0 atom stereocenters. The first-order chi connectivity index (χ1) is 7.69. The average Bonchev–Trinajstić information content (AvgIpc) is 2.44. The molecular weight excluding hydrogens is 198 g/mol. The third-order valence-corrected chi connectivity index (χ3v) is 4.86. The summed E-state index contributed by atoms with van der Waals surface area (Å²) in [5.74, 6) is 1.19. The maximum atomic E-state index is 6.13. The first-order valence-electron chi connectivity index (χ1n) is 6.78. The predicted octanol–water partition coefficient (Wildman–Crippen LogP) is 3.09. The second kappa shape index (κ2) is 3.76. The molecule has 0 aromatic carbocycles. The van der Waals surface area contributed by atoms with Crippen LogP contribution >= 0.6 is 0 Å². The van der Waals surface area contributed by atoms with Gasteiger partial charge in [-0.3, -0.25) is 0 Å². The summed E-state index contributed by atoms with van der Waals surface area (Å²) in [6.45, 7) is 6.86. The topological polar surface area (TPSA) is 12.5 Å². The Balaban J connectivity index is 1.58. The van der Waals surface area contributed by atoms with Crippen molar-refractivity contribution in [1.29, 1.82) is 0 Å². The van der Waals surface area contributed by atoms with Crippen molar-refractivity contribution in [2.24, 2.45) is 0 Å². The van der Waals surface area contributed by atoms with Crippen molar-refractivity contribution in [1.82, 2.24) is 4.90 Å². The zero-order chi connectivity index (χ0) is 11.2. The second-order valence-electron chi connectivity index (χ2n) is 5.92. The minimum absolute atomic E-state index is 0.189. The van der Waals surface area contributed by atoms with Gasteiger partial charge in [0.2, 0.25) is 0 Å². The number of hydrogen-bond acceptors (Lipinski definition) is 2.